The molecule has 2 unspecified atom stereocenters. The Balaban J connectivity index is 1.68. The molecule has 0 radical (unpaired) electrons. The van der Waals surface area contributed by atoms with Crippen molar-refractivity contribution in [3.05, 3.63) is 34.2 Å². The number of imidazole rings is 1. The molecule has 2 atom stereocenters. The van der Waals surface area contributed by atoms with Gasteiger partial charge in [-0.25, -0.2) is 4.98 Å². The lowest BCUT2D eigenvalue weighted by Gasteiger charge is -2.30. The van der Waals surface area contributed by atoms with Crippen LogP contribution in [0.1, 0.15) is 25.5 Å². The van der Waals surface area contributed by atoms with E-state index in [0.29, 0.717) is 34.2 Å². The zero-order valence-electron chi connectivity index (χ0n) is 12.5. The van der Waals surface area contributed by atoms with Gasteiger partial charge in [0, 0.05) is 30.9 Å². The molecule has 23 heavy (non-hydrogen) atoms. The van der Waals surface area contributed by atoms with Crippen LogP contribution in [-0.2, 0) is 16.0 Å². The van der Waals surface area contributed by atoms with Gasteiger partial charge in [-0.15, -0.1) is 0 Å². The summed E-state index contributed by atoms with van der Waals surface area (Å²) in [7, 11) is 0. The van der Waals surface area contributed by atoms with E-state index in [1.165, 1.54) is 0 Å². The molecular weight excluding hydrogens is 339 g/mol. The molecule has 0 saturated carbocycles. The molecule has 3 heterocycles. The number of halogens is 2. The second kappa shape index (κ2) is 6.37. The molecule has 3 rings (SSSR count). The first-order valence-corrected chi connectivity index (χ1v) is 8.09. The van der Waals surface area contributed by atoms with Gasteiger partial charge in [0.15, 0.2) is 5.65 Å². The van der Waals surface area contributed by atoms with E-state index in [4.69, 9.17) is 23.2 Å². The van der Waals surface area contributed by atoms with E-state index >= 15 is 0 Å². The zero-order valence-corrected chi connectivity index (χ0v) is 14.0. The number of fused-ring (bicyclic) bond motifs is 1. The zero-order chi connectivity index (χ0) is 16.6. The molecule has 0 spiro atoms. The predicted molar refractivity (Wildman–Crippen MR) is 87.7 cm³/mol. The lowest BCUT2D eigenvalue weighted by atomic mass is 9.99. The van der Waals surface area contributed by atoms with Crippen molar-refractivity contribution in [2.45, 2.75) is 38.3 Å². The Kier molecular flexibility index (Phi) is 4.46. The highest BCUT2D eigenvalue weighted by Crippen LogP contribution is 2.22. The molecule has 1 fully saturated rings. The van der Waals surface area contributed by atoms with Gasteiger partial charge in [0.05, 0.1) is 22.2 Å². The van der Waals surface area contributed by atoms with Crippen LogP contribution in [0, 0.1) is 0 Å². The molecule has 2 N–H and O–H groups in total. The van der Waals surface area contributed by atoms with Gasteiger partial charge in [-0.3, -0.25) is 9.59 Å². The summed E-state index contributed by atoms with van der Waals surface area (Å²) in [6.07, 6.45) is 4.64. The van der Waals surface area contributed by atoms with Gasteiger partial charge in [-0.05, 0) is 19.4 Å². The molecule has 2 amide bonds. The van der Waals surface area contributed by atoms with Crippen molar-refractivity contribution in [2.24, 2.45) is 0 Å². The Labute approximate surface area is 143 Å². The maximum atomic E-state index is 12.2. The molecule has 2 aromatic heterocycles. The predicted octanol–water partition coefficient (Wildman–Crippen LogP) is 1.97. The highest BCUT2D eigenvalue weighted by molar-refractivity contribution is 6.36. The van der Waals surface area contributed by atoms with Crippen molar-refractivity contribution in [1.29, 1.82) is 0 Å². The summed E-state index contributed by atoms with van der Waals surface area (Å²) >= 11 is 12.0. The van der Waals surface area contributed by atoms with E-state index in [2.05, 4.69) is 15.6 Å². The Hall–Kier alpha value is -1.79. The van der Waals surface area contributed by atoms with Gasteiger partial charge in [0.1, 0.15) is 0 Å². The summed E-state index contributed by atoms with van der Waals surface area (Å²) in [4.78, 5) is 27.9. The number of carbonyl (C=O) groups is 2. The fraction of sp³-hybridized carbons (Fsp3) is 0.400. The first-order valence-electron chi connectivity index (χ1n) is 7.34. The van der Waals surface area contributed by atoms with Crippen molar-refractivity contribution >= 4 is 40.7 Å². The Morgan fingerprint density at radius 1 is 1.48 bits per heavy atom. The molecule has 1 aliphatic rings. The number of nitrogens with one attached hydrogen (secondary N) is 2. The van der Waals surface area contributed by atoms with E-state index < -0.39 is 0 Å². The lowest BCUT2D eigenvalue weighted by molar-refractivity contribution is -0.126. The number of carbonyl (C=O) groups excluding carboxylic acids is 2. The van der Waals surface area contributed by atoms with E-state index in [1.54, 1.807) is 22.9 Å². The Morgan fingerprint density at radius 2 is 2.26 bits per heavy atom. The normalized spacial score (nSPS) is 21.3. The number of amides is 2. The van der Waals surface area contributed by atoms with Gasteiger partial charge >= 0.3 is 0 Å². The van der Waals surface area contributed by atoms with Crippen LogP contribution in [0.2, 0.25) is 10.0 Å². The van der Waals surface area contributed by atoms with Crippen LogP contribution in [0.4, 0.5) is 0 Å². The van der Waals surface area contributed by atoms with Crippen LogP contribution < -0.4 is 10.6 Å². The first kappa shape index (κ1) is 16.1. The van der Waals surface area contributed by atoms with Crippen molar-refractivity contribution < 1.29 is 9.59 Å². The fourth-order valence-electron chi connectivity index (χ4n) is 2.74. The van der Waals surface area contributed by atoms with Gasteiger partial charge in [0.2, 0.25) is 11.8 Å². The largest absolute Gasteiger partial charge is 0.352 e. The highest BCUT2D eigenvalue weighted by Gasteiger charge is 2.26. The smallest absolute Gasteiger partial charge is 0.226 e. The number of hydrogen-bond acceptors (Lipinski definition) is 3. The fourth-order valence-corrected chi connectivity index (χ4v) is 3.27. The number of aromatic nitrogens is 2. The third-order valence-corrected chi connectivity index (χ3v) is 4.37. The third kappa shape index (κ3) is 3.59. The Morgan fingerprint density at radius 3 is 3.00 bits per heavy atom. The standard InChI is InChI=1S/C15H16Cl2N4O2/c1-8-12(2-3-13(22)18-8)20-14(23)5-10-7-21-6-9(16)4-11(17)15(21)19-10/h4,6-8,12H,2-3,5H2,1H3,(H,18,22)(H,20,23). The minimum atomic E-state index is -0.136. The molecule has 8 heteroatoms. The summed E-state index contributed by atoms with van der Waals surface area (Å²) in [5.74, 6) is -0.113. The monoisotopic (exact) mass is 354 g/mol. The van der Waals surface area contributed by atoms with Crippen molar-refractivity contribution in [3.8, 4) is 0 Å². The highest BCUT2D eigenvalue weighted by atomic mass is 35.5. The van der Waals surface area contributed by atoms with Crippen LogP contribution in [-0.4, -0.2) is 33.3 Å². The molecule has 2 aromatic rings. The summed E-state index contributed by atoms with van der Waals surface area (Å²) < 4.78 is 1.71. The van der Waals surface area contributed by atoms with Gasteiger partial charge in [0.25, 0.3) is 0 Å². The second-order valence-corrected chi connectivity index (χ2v) is 6.56. The van der Waals surface area contributed by atoms with Gasteiger partial charge in [-0.1, -0.05) is 23.2 Å². The van der Waals surface area contributed by atoms with E-state index in [1.807, 2.05) is 6.92 Å². The van der Waals surface area contributed by atoms with Crippen LogP contribution in [0.25, 0.3) is 5.65 Å². The van der Waals surface area contributed by atoms with E-state index in [9.17, 15) is 9.59 Å². The molecule has 0 aromatic carbocycles. The van der Waals surface area contributed by atoms with Crippen LogP contribution >= 0.6 is 23.2 Å². The average Bonchev–Trinajstić information content (AvgIpc) is 2.84. The molecule has 6 nitrogen and oxygen atoms in total. The molecule has 1 saturated heterocycles. The van der Waals surface area contributed by atoms with E-state index in [-0.39, 0.29) is 30.3 Å². The summed E-state index contributed by atoms with van der Waals surface area (Å²) in [5.41, 5.74) is 1.18. The molecule has 0 aliphatic carbocycles. The van der Waals surface area contributed by atoms with Gasteiger partial charge in [-0.2, -0.15) is 0 Å². The summed E-state index contributed by atoms with van der Waals surface area (Å²) in [5, 5.41) is 6.71. The van der Waals surface area contributed by atoms with Gasteiger partial charge < -0.3 is 15.0 Å². The SMILES string of the molecule is CC1NC(=O)CCC1NC(=O)Cc1cn2cc(Cl)cc(Cl)c2n1. The third-order valence-electron chi connectivity index (χ3n) is 3.89. The summed E-state index contributed by atoms with van der Waals surface area (Å²) in [6, 6.07) is 1.48. The summed E-state index contributed by atoms with van der Waals surface area (Å²) in [6.45, 7) is 1.88. The number of nitrogens with zero attached hydrogens (tertiary/aromatic N) is 2. The lowest BCUT2D eigenvalue weighted by Crippen LogP contribution is -2.54. The maximum absolute atomic E-state index is 12.2. The number of hydrogen-bond donors (Lipinski definition) is 2. The second-order valence-electron chi connectivity index (χ2n) is 5.72. The Bertz CT molecular complexity index is 774. The van der Waals surface area contributed by atoms with Crippen LogP contribution in [0.3, 0.4) is 0 Å². The minimum absolute atomic E-state index is 0.0230. The van der Waals surface area contributed by atoms with E-state index in [0.717, 1.165) is 0 Å². The van der Waals surface area contributed by atoms with Crippen molar-refractivity contribution in [2.75, 3.05) is 0 Å². The quantitative estimate of drug-likeness (QED) is 0.884. The molecule has 122 valence electrons. The van der Waals surface area contributed by atoms with Crippen molar-refractivity contribution in [1.82, 2.24) is 20.0 Å². The molecular formula is C15H16Cl2N4O2. The topological polar surface area (TPSA) is 75.5 Å². The number of pyridine rings is 1. The minimum Gasteiger partial charge on any atom is -0.352 e. The first-order chi connectivity index (χ1) is 10.9. The number of rotatable bonds is 3. The van der Waals surface area contributed by atoms with Crippen LogP contribution in [0.5, 0.6) is 0 Å². The average molecular weight is 355 g/mol. The maximum Gasteiger partial charge on any atom is 0.226 e. The van der Waals surface area contributed by atoms with Crippen molar-refractivity contribution in [3.63, 3.8) is 0 Å². The molecule has 0 bridgehead atoms. The molecule has 1 aliphatic heterocycles. The van der Waals surface area contributed by atoms with Crippen LogP contribution in [0.15, 0.2) is 18.5 Å². The number of piperidine rings is 1.